The number of hydrogen-bond acceptors (Lipinski definition) is 4. The molecule has 1 aromatic heterocycles. The number of ether oxygens (including phenoxy) is 1. The summed E-state index contributed by atoms with van der Waals surface area (Å²) in [7, 11) is 1.38. The first kappa shape index (κ1) is 18.0. The molecule has 0 spiro atoms. The maximum absolute atomic E-state index is 13.1. The fraction of sp³-hybridized carbons (Fsp3) is 0.667. The number of carbonyl (C=O) groups excluding carboxylic acids is 2. The molecule has 1 saturated carbocycles. The molecule has 1 aliphatic rings. The molecule has 128 valence electrons. The molecule has 1 aromatic rings. The lowest BCUT2D eigenvalue weighted by Crippen LogP contribution is -2.42. The van der Waals surface area contributed by atoms with Crippen LogP contribution in [-0.2, 0) is 9.53 Å². The number of aryl methyl sites for hydroxylation is 1. The largest absolute Gasteiger partial charge is 0.465 e. The highest BCUT2D eigenvalue weighted by atomic mass is 32.1. The first-order valence-corrected chi connectivity index (χ1v) is 9.18. The standard InChI is InChI=1S/C18H27NO3S/c1-11(2)19(17(20)14-8-6-12(3)7-9-14)15-10-13(4)23-16(15)18(21)22-5/h10-12,14H,6-9H2,1-5H3. The van der Waals surface area contributed by atoms with Crippen LogP contribution in [0.5, 0.6) is 0 Å². The predicted octanol–water partition coefficient (Wildman–Crippen LogP) is 4.41. The number of hydrogen-bond donors (Lipinski definition) is 0. The Morgan fingerprint density at radius 2 is 1.87 bits per heavy atom. The van der Waals surface area contributed by atoms with Gasteiger partial charge in [0.25, 0.3) is 0 Å². The number of esters is 1. The summed E-state index contributed by atoms with van der Waals surface area (Å²) in [5.74, 6) is 0.559. The van der Waals surface area contributed by atoms with Gasteiger partial charge in [0.2, 0.25) is 5.91 Å². The highest BCUT2D eigenvalue weighted by Gasteiger charge is 2.33. The first-order valence-electron chi connectivity index (χ1n) is 8.37. The molecule has 2 rings (SSSR count). The fourth-order valence-corrected chi connectivity index (χ4v) is 4.19. The number of carbonyl (C=O) groups is 2. The quantitative estimate of drug-likeness (QED) is 0.765. The average Bonchev–Trinajstić information content (AvgIpc) is 2.88. The Bertz CT molecular complexity index is 571. The van der Waals surface area contributed by atoms with Crippen molar-refractivity contribution in [1.29, 1.82) is 0 Å². The lowest BCUT2D eigenvalue weighted by molar-refractivity contribution is -0.123. The van der Waals surface area contributed by atoms with E-state index in [0.717, 1.165) is 30.6 Å². The van der Waals surface area contributed by atoms with Gasteiger partial charge in [-0.15, -0.1) is 11.3 Å². The second-order valence-corrected chi connectivity index (χ2v) is 8.08. The van der Waals surface area contributed by atoms with Crippen molar-refractivity contribution in [2.75, 3.05) is 12.0 Å². The van der Waals surface area contributed by atoms with Gasteiger partial charge in [-0.2, -0.15) is 0 Å². The van der Waals surface area contributed by atoms with E-state index in [4.69, 9.17) is 4.74 Å². The maximum Gasteiger partial charge on any atom is 0.350 e. The zero-order valence-electron chi connectivity index (χ0n) is 14.7. The van der Waals surface area contributed by atoms with E-state index in [2.05, 4.69) is 6.92 Å². The van der Waals surface area contributed by atoms with Gasteiger partial charge in [-0.1, -0.05) is 6.92 Å². The minimum atomic E-state index is -0.367. The van der Waals surface area contributed by atoms with Crippen molar-refractivity contribution in [3.63, 3.8) is 0 Å². The van der Waals surface area contributed by atoms with Crippen LogP contribution in [-0.4, -0.2) is 25.0 Å². The third-order valence-electron chi connectivity index (χ3n) is 4.58. The van der Waals surface area contributed by atoms with E-state index in [1.54, 1.807) is 4.90 Å². The van der Waals surface area contributed by atoms with Crippen molar-refractivity contribution in [3.8, 4) is 0 Å². The summed E-state index contributed by atoms with van der Waals surface area (Å²) in [5.41, 5.74) is 0.706. The number of methoxy groups -OCH3 is 1. The lowest BCUT2D eigenvalue weighted by atomic mass is 9.82. The number of rotatable bonds is 4. The second kappa shape index (κ2) is 7.47. The van der Waals surface area contributed by atoms with Crippen LogP contribution < -0.4 is 4.90 Å². The molecular weight excluding hydrogens is 310 g/mol. The van der Waals surface area contributed by atoms with Crippen LogP contribution in [0.25, 0.3) is 0 Å². The normalized spacial score (nSPS) is 21.3. The van der Waals surface area contributed by atoms with Gasteiger partial charge in [-0.3, -0.25) is 4.79 Å². The van der Waals surface area contributed by atoms with E-state index in [1.165, 1.54) is 18.4 Å². The molecule has 0 radical (unpaired) electrons. The lowest BCUT2D eigenvalue weighted by Gasteiger charge is -2.33. The SMILES string of the molecule is COC(=O)c1sc(C)cc1N(C(=O)C1CCC(C)CC1)C(C)C. The van der Waals surface area contributed by atoms with Gasteiger partial charge in [0.15, 0.2) is 0 Å². The third kappa shape index (κ3) is 3.94. The number of amides is 1. The zero-order valence-corrected chi connectivity index (χ0v) is 15.5. The minimum absolute atomic E-state index is 0.0132. The van der Waals surface area contributed by atoms with E-state index in [9.17, 15) is 9.59 Å². The summed E-state index contributed by atoms with van der Waals surface area (Å²) in [6, 6.07) is 1.94. The molecule has 0 aromatic carbocycles. The summed E-state index contributed by atoms with van der Waals surface area (Å²) in [4.78, 5) is 28.5. The number of nitrogens with zero attached hydrogens (tertiary/aromatic N) is 1. The Kier molecular flexibility index (Phi) is 5.84. The summed E-state index contributed by atoms with van der Waals surface area (Å²) in [6.45, 7) is 8.19. The van der Waals surface area contributed by atoms with Gasteiger partial charge >= 0.3 is 5.97 Å². The van der Waals surface area contributed by atoms with Crippen LogP contribution in [0.1, 0.15) is 61.0 Å². The molecule has 0 aliphatic heterocycles. The fourth-order valence-electron chi connectivity index (χ4n) is 3.27. The summed E-state index contributed by atoms with van der Waals surface area (Å²) < 4.78 is 4.89. The van der Waals surface area contributed by atoms with E-state index in [1.807, 2.05) is 26.8 Å². The molecule has 1 heterocycles. The van der Waals surface area contributed by atoms with Crippen molar-refractivity contribution < 1.29 is 14.3 Å². The van der Waals surface area contributed by atoms with Crippen LogP contribution in [0.3, 0.4) is 0 Å². The molecule has 1 fully saturated rings. The Hall–Kier alpha value is -1.36. The summed E-state index contributed by atoms with van der Waals surface area (Å²) in [6.07, 6.45) is 4.10. The average molecular weight is 337 g/mol. The van der Waals surface area contributed by atoms with Crippen molar-refractivity contribution >= 4 is 28.9 Å². The van der Waals surface area contributed by atoms with Gasteiger partial charge in [-0.25, -0.2) is 4.79 Å². The van der Waals surface area contributed by atoms with Crippen molar-refractivity contribution in [2.24, 2.45) is 11.8 Å². The summed E-state index contributed by atoms with van der Waals surface area (Å²) >= 11 is 1.39. The Morgan fingerprint density at radius 1 is 1.26 bits per heavy atom. The maximum atomic E-state index is 13.1. The van der Waals surface area contributed by atoms with Gasteiger partial charge in [0, 0.05) is 16.8 Å². The number of anilines is 1. The molecule has 23 heavy (non-hydrogen) atoms. The molecule has 1 aliphatic carbocycles. The smallest absolute Gasteiger partial charge is 0.350 e. The molecule has 0 saturated heterocycles. The van der Waals surface area contributed by atoms with Crippen molar-refractivity contribution in [3.05, 3.63) is 15.8 Å². The van der Waals surface area contributed by atoms with E-state index in [0.29, 0.717) is 16.5 Å². The van der Waals surface area contributed by atoms with E-state index in [-0.39, 0.29) is 23.8 Å². The van der Waals surface area contributed by atoms with Gasteiger partial charge in [0.1, 0.15) is 4.88 Å². The van der Waals surface area contributed by atoms with Crippen LogP contribution >= 0.6 is 11.3 Å². The van der Waals surface area contributed by atoms with Gasteiger partial charge in [0.05, 0.1) is 12.8 Å². The Balaban J connectivity index is 2.32. The topological polar surface area (TPSA) is 46.6 Å². The third-order valence-corrected chi connectivity index (χ3v) is 5.60. The monoisotopic (exact) mass is 337 g/mol. The molecule has 0 N–H and O–H groups in total. The van der Waals surface area contributed by atoms with Crippen molar-refractivity contribution in [2.45, 2.75) is 59.4 Å². The molecule has 4 nitrogen and oxygen atoms in total. The molecular formula is C18H27NO3S. The van der Waals surface area contributed by atoms with Gasteiger partial charge < -0.3 is 9.64 Å². The van der Waals surface area contributed by atoms with Crippen LogP contribution in [0.15, 0.2) is 6.07 Å². The highest BCUT2D eigenvalue weighted by molar-refractivity contribution is 7.14. The molecule has 1 amide bonds. The Labute approximate surface area is 142 Å². The molecule has 5 heteroatoms. The molecule has 0 atom stereocenters. The van der Waals surface area contributed by atoms with Crippen molar-refractivity contribution in [1.82, 2.24) is 0 Å². The first-order chi connectivity index (χ1) is 10.8. The van der Waals surface area contributed by atoms with Crippen LogP contribution in [0, 0.1) is 18.8 Å². The van der Waals surface area contributed by atoms with Crippen LogP contribution in [0.2, 0.25) is 0 Å². The van der Waals surface area contributed by atoms with Gasteiger partial charge in [-0.05, 0) is 58.4 Å². The second-order valence-electron chi connectivity index (χ2n) is 6.82. The molecule has 0 unspecified atom stereocenters. The highest BCUT2D eigenvalue weighted by Crippen LogP contribution is 2.36. The van der Waals surface area contributed by atoms with Crippen LogP contribution in [0.4, 0.5) is 5.69 Å². The molecule has 0 bridgehead atoms. The predicted molar refractivity (Wildman–Crippen MR) is 94.1 cm³/mol. The minimum Gasteiger partial charge on any atom is -0.465 e. The van der Waals surface area contributed by atoms with E-state index < -0.39 is 0 Å². The number of thiophene rings is 1. The zero-order chi connectivity index (χ0) is 17.1. The Morgan fingerprint density at radius 3 is 2.39 bits per heavy atom. The summed E-state index contributed by atoms with van der Waals surface area (Å²) in [5, 5.41) is 0. The van der Waals surface area contributed by atoms with E-state index >= 15 is 0 Å².